The third kappa shape index (κ3) is 2.99. The smallest absolute Gasteiger partial charge is 0.248 e. The molecule has 2 rings (SSSR count). The van der Waals surface area contributed by atoms with Crippen molar-refractivity contribution in [1.29, 1.82) is 0 Å². The van der Waals surface area contributed by atoms with Gasteiger partial charge in [-0.15, -0.1) is 0 Å². The molecule has 0 aliphatic carbocycles. The van der Waals surface area contributed by atoms with E-state index in [1.807, 2.05) is 31.2 Å². The summed E-state index contributed by atoms with van der Waals surface area (Å²) in [4.78, 5) is 10.4. The van der Waals surface area contributed by atoms with Gasteiger partial charge < -0.3 is 15.4 Å². The average Bonchev–Trinajstić information content (AvgIpc) is 2.46. The first-order valence-electron chi connectivity index (χ1n) is 6.75. The van der Waals surface area contributed by atoms with Crippen LogP contribution in [0, 0.1) is 6.92 Å². The first kappa shape index (κ1) is 14.1. The summed E-state index contributed by atoms with van der Waals surface area (Å²) in [5.74, 6) is 1.82. The number of anilines is 2. The second kappa shape index (κ2) is 6.23. The van der Waals surface area contributed by atoms with Crippen LogP contribution >= 0.6 is 0 Å². The Balaban J connectivity index is 2.28. The topological polar surface area (TPSA) is 64.3 Å². The number of nitrogens with two attached hydrogens (primary N) is 1. The molecular formula is C15H20N4O. The molecule has 0 saturated heterocycles. The number of benzene rings is 1. The number of nitrogen functional groups attached to an aromatic ring is 1. The zero-order valence-electron chi connectivity index (χ0n) is 12.1. The Morgan fingerprint density at radius 1 is 1.10 bits per heavy atom. The van der Waals surface area contributed by atoms with E-state index in [-0.39, 0.29) is 0 Å². The SMILES string of the molecule is CCN(CC)c1ncnc(Oc2ccc(C)cc2)c1N. The van der Waals surface area contributed by atoms with Gasteiger partial charge in [0, 0.05) is 13.1 Å². The molecule has 0 unspecified atom stereocenters. The number of ether oxygens (including phenoxy) is 1. The van der Waals surface area contributed by atoms with Crippen LogP contribution in [0.2, 0.25) is 0 Å². The van der Waals surface area contributed by atoms with E-state index >= 15 is 0 Å². The molecule has 2 aromatic rings. The van der Waals surface area contributed by atoms with E-state index in [1.165, 1.54) is 11.9 Å². The molecule has 106 valence electrons. The van der Waals surface area contributed by atoms with E-state index in [1.54, 1.807) is 0 Å². The fraction of sp³-hybridized carbons (Fsp3) is 0.333. The Kier molecular flexibility index (Phi) is 4.40. The molecule has 0 amide bonds. The van der Waals surface area contributed by atoms with Gasteiger partial charge in [-0.25, -0.2) is 4.98 Å². The first-order chi connectivity index (χ1) is 9.65. The van der Waals surface area contributed by atoms with Crippen molar-refractivity contribution in [2.75, 3.05) is 23.7 Å². The summed E-state index contributed by atoms with van der Waals surface area (Å²) < 4.78 is 5.74. The number of aromatic nitrogens is 2. The van der Waals surface area contributed by atoms with E-state index in [0.29, 0.717) is 23.1 Å². The van der Waals surface area contributed by atoms with Crippen molar-refractivity contribution in [3.05, 3.63) is 36.2 Å². The summed E-state index contributed by atoms with van der Waals surface area (Å²) in [6.45, 7) is 7.82. The quantitative estimate of drug-likeness (QED) is 0.906. The second-order valence-corrected chi connectivity index (χ2v) is 4.50. The summed E-state index contributed by atoms with van der Waals surface area (Å²) in [5, 5.41) is 0. The Labute approximate surface area is 119 Å². The minimum absolute atomic E-state index is 0.394. The highest BCUT2D eigenvalue weighted by Gasteiger charge is 2.14. The largest absolute Gasteiger partial charge is 0.437 e. The molecule has 0 radical (unpaired) electrons. The van der Waals surface area contributed by atoms with Gasteiger partial charge in [-0.2, -0.15) is 4.98 Å². The van der Waals surface area contributed by atoms with Gasteiger partial charge in [-0.3, -0.25) is 0 Å². The van der Waals surface area contributed by atoms with Gasteiger partial charge in [-0.05, 0) is 32.9 Å². The first-order valence-corrected chi connectivity index (χ1v) is 6.75. The molecule has 1 aromatic carbocycles. The van der Waals surface area contributed by atoms with Crippen molar-refractivity contribution in [3.8, 4) is 11.6 Å². The van der Waals surface area contributed by atoms with Gasteiger partial charge in [0.15, 0.2) is 5.82 Å². The van der Waals surface area contributed by atoms with Crippen LogP contribution in [0.15, 0.2) is 30.6 Å². The standard InChI is InChI=1S/C15H20N4O/c1-4-19(5-2)14-13(16)15(18-10-17-14)20-12-8-6-11(3)7-9-12/h6-10H,4-5,16H2,1-3H3. The number of hydrogen-bond donors (Lipinski definition) is 1. The van der Waals surface area contributed by atoms with Crippen LogP contribution < -0.4 is 15.4 Å². The molecule has 0 saturated carbocycles. The normalized spacial score (nSPS) is 10.3. The van der Waals surface area contributed by atoms with E-state index in [2.05, 4.69) is 28.7 Å². The molecule has 0 atom stereocenters. The molecule has 2 N–H and O–H groups in total. The van der Waals surface area contributed by atoms with Crippen molar-refractivity contribution in [1.82, 2.24) is 9.97 Å². The number of nitrogens with zero attached hydrogens (tertiary/aromatic N) is 3. The fourth-order valence-corrected chi connectivity index (χ4v) is 1.95. The van der Waals surface area contributed by atoms with Gasteiger partial charge >= 0.3 is 0 Å². The van der Waals surface area contributed by atoms with Crippen molar-refractivity contribution in [3.63, 3.8) is 0 Å². The van der Waals surface area contributed by atoms with Crippen LogP contribution in [0.25, 0.3) is 0 Å². The highest BCUT2D eigenvalue weighted by molar-refractivity contribution is 5.68. The molecule has 1 heterocycles. The summed E-state index contributed by atoms with van der Waals surface area (Å²) in [6.07, 6.45) is 1.48. The highest BCUT2D eigenvalue weighted by Crippen LogP contribution is 2.31. The van der Waals surface area contributed by atoms with Crippen molar-refractivity contribution in [2.24, 2.45) is 0 Å². The molecule has 0 aliphatic heterocycles. The molecule has 0 aliphatic rings. The molecule has 20 heavy (non-hydrogen) atoms. The zero-order valence-corrected chi connectivity index (χ0v) is 12.1. The predicted octanol–water partition coefficient (Wildman–Crippen LogP) is 3.01. The predicted molar refractivity (Wildman–Crippen MR) is 81.3 cm³/mol. The molecular weight excluding hydrogens is 252 g/mol. The van der Waals surface area contributed by atoms with Gasteiger partial charge in [0.1, 0.15) is 17.8 Å². The number of rotatable bonds is 5. The van der Waals surface area contributed by atoms with Gasteiger partial charge in [0.2, 0.25) is 5.88 Å². The maximum Gasteiger partial charge on any atom is 0.248 e. The molecule has 1 aromatic heterocycles. The molecule has 0 fully saturated rings. The van der Waals surface area contributed by atoms with Gasteiger partial charge in [-0.1, -0.05) is 17.7 Å². The Hall–Kier alpha value is -2.30. The Morgan fingerprint density at radius 2 is 1.75 bits per heavy atom. The van der Waals surface area contributed by atoms with E-state index in [9.17, 15) is 0 Å². The van der Waals surface area contributed by atoms with E-state index in [4.69, 9.17) is 10.5 Å². The summed E-state index contributed by atoms with van der Waals surface area (Å²) in [5.41, 5.74) is 7.77. The molecule has 0 spiro atoms. The lowest BCUT2D eigenvalue weighted by molar-refractivity contribution is 0.464. The summed E-state index contributed by atoms with van der Waals surface area (Å²) >= 11 is 0. The van der Waals surface area contributed by atoms with Crippen LogP contribution in [0.1, 0.15) is 19.4 Å². The minimum Gasteiger partial charge on any atom is -0.437 e. The van der Waals surface area contributed by atoms with E-state index in [0.717, 1.165) is 13.1 Å². The van der Waals surface area contributed by atoms with Gasteiger partial charge in [0.25, 0.3) is 0 Å². The Morgan fingerprint density at radius 3 is 2.35 bits per heavy atom. The van der Waals surface area contributed by atoms with Crippen LogP contribution in [-0.4, -0.2) is 23.1 Å². The van der Waals surface area contributed by atoms with Crippen molar-refractivity contribution >= 4 is 11.5 Å². The summed E-state index contributed by atoms with van der Waals surface area (Å²) in [7, 11) is 0. The summed E-state index contributed by atoms with van der Waals surface area (Å²) in [6, 6.07) is 7.76. The van der Waals surface area contributed by atoms with Crippen LogP contribution in [0.3, 0.4) is 0 Å². The maximum absolute atomic E-state index is 6.12. The Bertz CT molecular complexity index is 565. The van der Waals surface area contributed by atoms with E-state index < -0.39 is 0 Å². The monoisotopic (exact) mass is 272 g/mol. The molecule has 0 bridgehead atoms. The van der Waals surface area contributed by atoms with Crippen LogP contribution in [0.4, 0.5) is 11.5 Å². The lowest BCUT2D eigenvalue weighted by Gasteiger charge is -2.21. The average molecular weight is 272 g/mol. The maximum atomic E-state index is 6.12. The van der Waals surface area contributed by atoms with Crippen LogP contribution in [-0.2, 0) is 0 Å². The third-order valence-electron chi connectivity index (χ3n) is 3.12. The number of hydrogen-bond acceptors (Lipinski definition) is 5. The van der Waals surface area contributed by atoms with Crippen molar-refractivity contribution in [2.45, 2.75) is 20.8 Å². The van der Waals surface area contributed by atoms with Crippen molar-refractivity contribution < 1.29 is 4.74 Å². The fourth-order valence-electron chi connectivity index (χ4n) is 1.95. The molecule has 5 nitrogen and oxygen atoms in total. The molecule has 5 heteroatoms. The minimum atomic E-state index is 0.394. The zero-order chi connectivity index (χ0) is 14.5. The lowest BCUT2D eigenvalue weighted by Crippen LogP contribution is -2.24. The van der Waals surface area contributed by atoms with Gasteiger partial charge in [0.05, 0.1) is 0 Å². The highest BCUT2D eigenvalue weighted by atomic mass is 16.5. The number of aryl methyl sites for hydroxylation is 1. The van der Waals surface area contributed by atoms with Crippen LogP contribution in [0.5, 0.6) is 11.6 Å². The second-order valence-electron chi connectivity index (χ2n) is 4.50. The third-order valence-corrected chi connectivity index (χ3v) is 3.12. The lowest BCUT2D eigenvalue weighted by atomic mass is 10.2.